The fraction of sp³-hybridized carbons (Fsp3) is 0.462. The average molecular weight is 218 g/mol. The molecule has 3 heteroatoms. The molecule has 0 atom stereocenters. The van der Waals surface area contributed by atoms with Crippen LogP contribution in [0.1, 0.15) is 35.3 Å². The molecule has 0 unspecified atom stereocenters. The molecule has 1 heterocycles. The first kappa shape index (κ1) is 11.1. The van der Waals surface area contributed by atoms with Gasteiger partial charge >= 0.3 is 0 Å². The van der Waals surface area contributed by atoms with Gasteiger partial charge in [0.1, 0.15) is 0 Å². The monoisotopic (exact) mass is 218 g/mol. The summed E-state index contributed by atoms with van der Waals surface area (Å²) in [5, 5.41) is 6.27. The van der Waals surface area contributed by atoms with Gasteiger partial charge in [0, 0.05) is 18.2 Å². The number of nitrogens with one attached hydrogen (secondary N) is 2. The van der Waals surface area contributed by atoms with E-state index in [1.807, 2.05) is 26.0 Å². The summed E-state index contributed by atoms with van der Waals surface area (Å²) < 4.78 is 0. The minimum atomic E-state index is 0.0498. The molecule has 0 aliphatic carbocycles. The summed E-state index contributed by atoms with van der Waals surface area (Å²) in [6, 6.07) is 6.15. The van der Waals surface area contributed by atoms with E-state index in [4.69, 9.17) is 0 Å². The van der Waals surface area contributed by atoms with Gasteiger partial charge in [0.15, 0.2) is 0 Å². The van der Waals surface area contributed by atoms with E-state index in [2.05, 4.69) is 16.7 Å². The summed E-state index contributed by atoms with van der Waals surface area (Å²) >= 11 is 0. The van der Waals surface area contributed by atoms with Crippen LogP contribution in [0.4, 0.5) is 0 Å². The highest BCUT2D eigenvalue weighted by atomic mass is 16.1. The lowest BCUT2D eigenvalue weighted by Gasteiger charge is -2.20. The van der Waals surface area contributed by atoms with Gasteiger partial charge in [-0.3, -0.25) is 4.79 Å². The Bertz CT molecular complexity index is 399. The van der Waals surface area contributed by atoms with Crippen molar-refractivity contribution in [3.8, 4) is 0 Å². The summed E-state index contributed by atoms with van der Waals surface area (Å²) in [5.74, 6) is 0.0498. The molecule has 16 heavy (non-hydrogen) atoms. The number of rotatable bonds is 2. The smallest absolute Gasteiger partial charge is 0.251 e. The highest BCUT2D eigenvalue weighted by molar-refractivity contribution is 5.96. The lowest BCUT2D eigenvalue weighted by atomic mass is 9.95. The van der Waals surface area contributed by atoms with E-state index >= 15 is 0 Å². The molecule has 1 aromatic carbocycles. The second-order valence-corrected chi connectivity index (χ2v) is 4.50. The molecule has 1 aliphatic heterocycles. The molecule has 1 aliphatic rings. The number of benzene rings is 1. The van der Waals surface area contributed by atoms with Crippen LogP contribution in [0.25, 0.3) is 0 Å². The molecule has 1 aromatic rings. The van der Waals surface area contributed by atoms with E-state index in [1.54, 1.807) is 0 Å². The number of fused-ring (bicyclic) bond motifs is 1. The predicted molar refractivity (Wildman–Crippen MR) is 64.5 cm³/mol. The Labute approximate surface area is 96.2 Å². The van der Waals surface area contributed by atoms with Gasteiger partial charge in [-0.2, -0.15) is 0 Å². The van der Waals surface area contributed by atoms with Gasteiger partial charge in [-0.05, 0) is 44.0 Å². The van der Waals surface area contributed by atoms with E-state index < -0.39 is 0 Å². The summed E-state index contributed by atoms with van der Waals surface area (Å²) in [4.78, 5) is 12.0. The van der Waals surface area contributed by atoms with Crippen molar-refractivity contribution in [2.24, 2.45) is 0 Å². The number of hydrogen-bond acceptors (Lipinski definition) is 2. The van der Waals surface area contributed by atoms with Crippen molar-refractivity contribution in [3.05, 3.63) is 34.9 Å². The second kappa shape index (κ2) is 4.66. The van der Waals surface area contributed by atoms with Crippen LogP contribution in [0.3, 0.4) is 0 Å². The Kier molecular flexibility index (Phi) is 3.25. The van der Waals surface area contributed by atoms with E-state index in [0.717, 1.165) is 25.1 Å². The molecular formula is C13H18N2O. The lowest BCUT2D eigenvalue weighted by Crippen LogP contribution is -2.33. The summed E-state index contributed by atoms with van der Waals surface area (Å²) in [5.41, 5.74) is 3.30. The summed E-state index contributed by atoms with van der Waals surface area (Å²) in [6.07, 6.45) is 0.941. The lowest BCUT2D eigenvalue weighted by molar-refractivity contribution is 0.0942. The largest absolute Gasteiger partial charge is 0.350 e. The fourth-order valence-corrected chi connectivity index (χ4v) is 2.08. The van der Waals surface area contributed by atoms with Crippen molar-refractivity contribution in [1.29, 1.82) is 0 Å². The van der Waals surface area contributed by atoms with Crippen LogP contribution in [0.15, 0.2) is 18.2 Å². The zero-order chi connectivity index (χ0) is 11.5. The molecule has 2 N–H and O–H groups in total. The third kappa shape index (κ3) is 2.25. The van der Waals surface area contributed by atoms with E-state index in [1.165, 1.54) is 11.1 Å². The number of carbonyl (C=O) groups excluding carboxylic acids is 1. The molecule has 86 valence electrons. The third-order valence-corrected chi connectivity index (χ3v) is 2.80. The molecular weight excluding hydrogens is 200 g/mol. The summed E-state index contributed by atoms with van der Waals surface area (Å²) in [7, 11) is 0. The Morgan fingerprint density at radius 3 is 3.00 bits per heavy atom. The molecule has 0 spiro atoms. The first-order valence-corrected chi connectivity index (χ1v) is 5.81. The number of amides is 1. The SMILES string of the molecule is CC(C)NC(=O)c1cccc2c1CCNC2. The zero-order valence-corrected chi connectivity index (χ0v) is 9.84. The van der Waals surface area contributed by atoms with Crippen LogP contribution < -0.4 is 10.6 Å². The molecule has 0 bridgehead atoms. The topological polar surface area (TPSA) is 41.1 Å². The van der Waals surface area contributed by atoms with Crippen molar-refractivity contribution < 1.29 is 4.79 Å². The molecule has 0 radical (unpaired) electrons. The number of carbonyl (C=O) groups is 1. The van der Waals surface area contributed by atoms with E-state index in [9.17, 15) is 4.79 Å². The van der Waals surface area contributed by atoms with Gasteiger partial charge in [-0.1, -0.05) is 12.1 Å². The van der Waals surface area contributed by atoms with E-state index in [0.29, 0.717) is 0 Å². The summed E-state index contributed by atoms with van der Waals surface area (Å²) in [6.45, 7) is 5.79. The average Bonchev–Trinajstić information content (AvgIpc) is 2.27. The first-order chi connectivity index (χ1) is 7.68. The van der Waals surface area contributed by atoms with Gasteiger partial charge < -0.3 is 10.6 Å². The normalized spacial score (nSPS) is 14.7. The van der Waals surface area contributed by atoms with Crippen molar-refractivity contribution in [2.75, 3.05) is 6.54 Å². The Hall–Kier alpha value is -1.35. The number of hydrogen-bond donors (Lipinski definition) is 2. The van der Waals surface area contributed by atoms with Gasteiger partial charge in [0.2, 0.25) is 0 Å². The van der Waals surface area contributed by atoms with Crippen LogP contribution in [0, 0.1) is 0 Å². The van der Waals surface area contributed by atoms with Gasteiger partial charge in [0.05, 0.1) is 0 Å². The predicted octanol–water partition coefficient (Wildman–Crippen LogP) is 1.47. The van der Waals surface area contributed by atoms with Crippen molar-refractivity contribution in [3.63, 3.8) is 0 Å². The quantitative estimate of drug-likeness (QED) is 0.789. The van der Waals surface area contributed by atoms with E-state index in [-0.39, 0.29) is 11.9 Å². The minimum Gasteiger partial charge on any atom is -0.350 e. The molecule has 3 nitrogen and oxygen atoms in total. The fourth-order valence-electron chi connectivity index (χ4n) is 2.08. The van der Waals surface area contributed by atoms with Crippen molar-refractivity contribution >= 4 is 5.91 Å². The molecule has 0 fully saturated rings. The maximum atomic E-state index is 12.0. The Morgan fingerprint density at radius 1 is 1.44 bits per heavy atom. The highest BCUT2D eigenvalue weighted by Crippen LogP contribution is 2.18. The van der Waals surface area contributed by atoms with Crippen LogP contribution >= 0.6 is 0 Å². The highest BCUT2D eigenvalue weighted by Gasteiger charge is 2.17. The van der Waals surface area contributed by atoms with Gasteiger partial charge in [-0.15, -0.1) is 0 Å². The van der Waals surface area contributed by atoms with Gasteiger partial charge in [-0.25, -0.2) is 0 Å². The molecule has 1 amide bonds. The maximum Gasteiger partial charge on any atom is 0.251 e. The minimum absolute atomic E-state index is 0.0498. The van der Waals surface area contributed by atoms with Crippen LogP contribution in [0.5, 0.6) is 0 Å². The zero-order valence-electron chi connectivity index (χ0n) is 9.84. The molecule has 0 saturated heterocycles. The van der Waals surface area contributed by atoms with Crippen LogP contribution in [-0.4, -0.2) is 18.5 Å². The standard InChI is InChI=1S/C13H18N2O/c1-9(2)15-13(16)12-5-3-4-10-8-14-7-6-11(10)12/h3-5,9,14H,6-8H2,1-2H3,(H,15,16). The van der Waals surface area contributed by atoms with Gasteiger partial charge in [0.25, 0.3) is 5.91 Å². The van der Waals surface area contributed by atoms with Crippen molar-refractivity contribution in [2.45, 2.75) is 32.9 Å². The van der Waals surface area contributed by atoms with Crippen molar-refractivity contribution in [1.82, 2.24) is 10.6 Å². The Balaban J connectivity index is 2.30. The Morgan fingerprint density at radius 2 is 2.25 bits per heavy atom. The first-order valence-electron chi connectivity index (χ1n) is 5.81. The van der Waals surface area contributed by atoms with Crippen LogP contribution in [0.2, 0.25) is 0 Å². The molecule has 0 saturated carbocycles. The molecule has 2 rings (SSSR count). The molecule has 0 aromatic heterocycles. The van der Waals surface area contributed by atoms with Crippen LogP contribution in [-0.2, 0) is 13.0 Å². The maximum absolute atomic E-state index is 12.0. The third-order valence-electron chi connectivity index (χ3n) is 2.80. The second-order valence-electron chi connectivity index (χ2n) is 4.50.